The minimum absolute atomic E-state index is 0.219. The SMILES string of the molecule is O=C(NCCc1ccc(O)cc1)c1nn(-c2ccccc2F)c2c1CCC2. The monoisotopic (exact) mass is 365 g/mol. The van der Waals surface area contributed by atoms with Crippen molar-refractivity contribution in [2.24, 2.45) is 0 Å². The number of halogens is 1. The van der Waals surface area contributed by atoms with Gasteiger partial charge in [-0.3, -0.25) is 4.79 Å². The third kappa shape index (κ3) is 3.43. The van der Waals surface area contributed by atoms with Crippen LogP contribution >= 0.6 is 0 Å². The van der Waals surface area contributed by atoms with Crippen LogP contribution in [0.25, 0.3) is 5.69 Å². The second kappa shape index (κ2) is 7.23. The molecule has 0 fully saturated rings. The molecule has 0 unspecified atom stereocenters. The number of phenols is 1. The molecule has 0 saturated carbocycles. The Morgan fingerprint density at radius 1 is 1.15 bits per heavy atom. The number of para-hydroxylation sites is 1. The van der Waals surface area contributed by atoms with Crippen LogP contribution < -0.4 is 5.32 Å². The maximum atomic E-state index is 14.2. The van der Waals surface area contributed by atoms with Gasteiger partial charge < -0.3 is 10.4 Å². The average Bonchev–Trinajstić information content (AvgIpc) is 3.26. The molecule has 2 aromatic carbocycles. The summed E-state index contributed by atoms with van der Waals surface area (Å²) in [6, 6.07) is 13.4. The zero-order valence-corrected chi connectivity index (χ0v) is 14.8. The molecule has 27 heavy (non-hydrogen) atoms. The van der Waals surface area contributed by atoms with E-state index in [1.54, 1.807) is 35.0 Å². The molecule has 3 aromatic rings. The van der Waals surface area contributed by atoms with Crippen LogP contribution in [-0.4, -0.2) is 27.3 Å². The highest BCUT2D eigenvalue weighted by atomic mass is 19.1. The van der Waals surface area contributed by atoms with Crippen LogP contribution in [0.15, 0.2) is 48.5 Å². The van der Waals surface area contributed by atoms with Crippen molar-refractivity contribution in [3.05, 3.63) is 76.9 Å². The normalized spacial score (nSPS) is 12.8. The molecule has 0 radical (unpaired) electrons. The largest absolute Gasteiger partial charge is 0.508 e. The fourth-order valence-electron chi connectivity index (χ4n) is 3.51. The summed E-state index contributed by atoms with van der Waals surface area (Å²) in [6.07, 6.45) is 3.17. The Morgan fingerprint density at radius 2 is 1.93 bits per heavy atom. The first-order chi connectivity index (χ1) is 13.1. The average molecular weight is 365 g/mol. The fraction of sp³-hybridized carbons (Fsp3) is 0.238. The van der Waals surface area contributed by atoms with Crippen molar-refractivity contribution >= 4 is 5.91 Å². The van der Waals surface area contributed by atoms with E-state index < -0.39 is 0 Å². The van der Waals surface area contributed by atoms with E-state index >= 15 is 0 Å². The van der Waals surface area contributed by atoms with Gasteiger partial charge in [0, 0.05) is 17.8 Å². The number of rotatable bonds is 5. The van der Waals surface area contributed by atoms with Crippen LogP contribution in [0.4, 0.5) is 4.39 Å². The third-order valence-electron chi connectivity index (χ3n) is 4.86. The van der Waals surface area contributed by atoms with E-state index in [-0.39, 0.29) is 17.5 Å². The number of carbonyl (C=O) groups is 1. The van der Waals surface area contributed by atoms with Crippen LogP contribution in [0, 0.1) is 5.82 Å². The van der Waals surface area contributed by atoms with Gasteiger partial charge >= 0.3 is 0 Å². The van der Waals surface area contributed by atoms with Gasteiger partial charge in [-0.1, -0.05) is 24.3 Å². The maximum Gasteiger partial charge on any atom is 0.272 e. The summed E-state index contributed by atoms with van der Waals surface area (Å²) in [5.41, 5.74) is 3.62. The van der Waals surface area contributed by atoms with E-state index in [0.29, 0.717) is 24.3 Å². The van der Waals surface area contributed by atoms with E-state index in [4.69, 9.17) is 0 Å². The molecule has 1 aliphatic rings. The first-order valence-corrected chi connectivity index (χ1v) is 9.05. The van der Waals surface area contributed by atoms with Crippen LogP contribution in [0.2, 0.25) is 0 Å². The number of benzene rings is 2. The van der Waals surface area contributed by atoms with E-state index in [1.165, 1.54) is 6.07 Å². The van der Waals surface area contributed by atoms with Gasteiger partial charge in [0.15, 0.2) is 5.69 Å². The highest BCUT2D eigenvalue weighted by molar-refractivity contribution is 5.94. The Kier molecular flexibility index (Phi) is 4.62. The summed E-state index contributed by atoms with van der Waals surface area (Å²) < 4.78 is 15.8. The molecule has 1 aliphatic carbocycles. The molecule has 0 saturated heterocycles. The van der Waals surface area contributed by atoms with Crippen molar-refractivity contribution in [3.63, 3.8) is 0 Å². The van der Waals surface area contributed by atoms with Crippen molar-refractivity contribution in [1.82, 2.24) is 15.1 Å². The number of hydrogen-bond donors (Lipinski definition) is 2. The molecule has 5 nitrogen and oxygen atoms in total. The number of phenolic OH excluding ortho intramolecular Hbond substituents is 1. The zero-order valence-electron chi connectivity index (χ0n) is 14.8. The Labute approximate surface area is 156 Å². The highest BCUT2D eigenvalue weighted by Gasteiger charge is 2.27. The summed E-state index contributed by atoms with van der Waals surface area (Å²) in [5, 5.41) is 16.6. The van der Waals surface area contributed by atoms with Gasteiger partial charge in [-0.15, -0.1) is 0 Å². The van der Waals surface area contributed by atoms with Gasteiger partial charge in [-0.25, -0.2) is 9.07 Å². The first kappa shape index (κ1) is 17.3. The van der Waals surface area contributed by atoms with Gasteiger partial charge in [0.1, 0.15) is 17.3 Å². The number of nitrogens with zero attached hydrogens (tertiary/aromatic N) is 2. The lowest BCUT2D eigenvalue weighted by atomic mass is 10.1. The zero-order chi connectivity index (χ0) is 18.8. The Bertz CT molecular complexity index is 980. The van der Waals surface area contributed by atoms with Crippen LogP contribution in [0.1, 0.15) is 33.7 Å². The van der Waals surface area contributed by atoms with Crippen molar-refractivity contribution in [3.8, 4) is 11.4 Å². The maximum absolute atomic E-state index is 14.2. The summed E-state index contributed by atoms with van der Waals surface area (Å²) in [7, 11) is 0. The quantitative estimate of drug-likeness (QED) is 0.730. The number of amides is 1. The first-order valence-electron chi connectivity index (χ1n) is 9.05. The van der Waals surface area contributed by atoms with E-state index in [9.17, 15) is 14.3 Å². The summed E-state index contributed by atoms with van der Waals surface area (Å²) in [4.78, 5) is 12.7. The Balaban J connectivity index is 1.52. The highest BCUT2D eigenvalue weighted by Crippen LogP contribution is 2.28. The number of nitrogens with one attached hydrogen (secondary N) is 1. The topological polar surface area (TPSA) is 67.2 Å². The molecule has 0 atom stereocenters. The van der Waals surface area contributed by atoms with Gasteiger partial charge in [0.25, 0.3) is 5.91 Å². The number of carbonyl (C=O) groups excluding carboxylic acids is 1. The number of fused-ring (bicyclic) bond motifs is 1. The standard InChI is InChI=1S/C21H20FN3O2/c22-17-5-1-2-6-19(17)25-18-7-3-4-16(18)20(24-25)21(27)23-13-12-14-8-10-15(26)11-9-14/h1-2,5-6,8-11,26H,3-4,7,12-13H2,(H,23,27). The fourth-order valence-corrected chi connectivity index (χ4v) is 3.51. The Hall–Kier alpha value is -3.15. The van der Waals surface area contributed by atoms with Gasteiger partial charge in [-0.2, -0.15) is 5.10 Å². The van der Waals surface area contributed by atoms with Crippen LogP contribution in [0.3, 0.4) is 0 Å². The molecular formula is C21H20FN3O2. The number of hydrogen-bond acceptors (Lipinski definition) is 3. The minimum atomic E-state index is -0.353. The molecule has 1 heterocycles. The van der Waals surface area contributed by atoms with Crippen molar-refractivity contribution in [2.75, 3.05) is 6.54 Å². The van der Waals surface area contributed by atoms with Gasteiger partial charge in [-0.05, 0) is 55.5 Å². The number of aromatic hydroxyl groups is 1. The molecule has 0 aliphatic heterocycles. The molecule has 2 N–H and O–H groups in total. The third-order valence-corrected chi connectivity index (χ3v) is 4.86. The summed E-state index contributed by atoms with van der Waals surface area (Å²) in [5.74, 6) is -0.368. The van der Waals surface area contributed by atoms with E-state index in [0.717, 1.165) is 36.1 Å². The molecule has 1 amide bonds. The number of aromatic nitrogens is 2. The second-order valence-electron chi connectivity index (χ2n) is 6.66. The summed E-state index contributed by atoms with van der Waals surface area (Å²) >= 11 is 0. The minimum Gasteiger partial charge on any atom is -0.508 e. The molecular weight excluding hydrogens is 345 g/mol. The molecule has 0 spiro atoms. The van der Waals surface area contributed by atoms with Crippen molar-refractivity contribution in [2.45, 2.75) is 25.7 Å². The predicted molar refractivity (Wildman–Crippen MR) is 99.7 cm³/mol. The Morgan fingerprint density at radius 3 is 2.70 bits per heavy atom. The molecule has 4 rings (SSSR count). The van der Waals surface area contributed by atoms with Crippen LogP contribution in [-0.2, 0) is 19.3 Å². The molecule has 6 heteroatoms. The van der Waals surface area contributed by atoms with E-state index in [2.05, 4.69) is 10.4 Å². The van der Waals surface area contributed by atoms with Crippen molar-refractivity contribution in [1.29, 1.82) is 0 Å². The van der Waals surface area contributed by atoms with E-state index in [1.807, 2.05) is 12.1 Å². The molecule has 0 bridgehead atoms. The van der Waals surface area contributed by atoms with Crippen molar-refractivity contribution < 1.29 is 14.3 Å². The predicted octanol–water partition coefficient (Wildman–Crippen LogP) is 3.18. The lowest BCUT2D eigenvalue weighted by molar-refractivity contribution is 0.0947. The van der Waals surface area contributed by atoms with Crippen LogP contribution in [0.5, 0.6) is 5.75 Å². The van der Waals surface area contributed by atoms with Gasteiger partial charge in [0.05, 0.1) is 0 Å². The summed E-state index contributed by atoms with van der Waals surface area (Å²) in [6.45, 7) is 0.463. The smallest absolute Gasteiger partial charge is 0.272 e. The lowest BCUT2D eigenvalue weighted by Gasteiger charge is -2.06. The lowest BCUT2D eigenvalue weighted by Crippen LogP contribution is -2.27. The molecule has 1 aromatic heterocycles. The second-order valence-corrected chi connectivity index (χ2v) is 6.66. The molecule has 138 valence electrons. The van der Waals surface area contributed by atoms with Gasteiger partial charge in [0.2, 0.25) is 0 Å².